The molecule has 0 amide bonds. The maximum Gasteiger partial charge on any atom is 0.187 e. The lowest BCUT2D eigenvalue weighted by Gasteiger charge is -2.25. The van der Waals surface area contributed by atoms with E-state index in [0.29, 0.717) is 5.11 Å². The fraction of sp³-hybridized carbons (Fsp3) is 0.148. The van der Waals surface area contributed by atoms with E-state index in [4.69, 9.17) is 17.2 Å². The number of aliphatic imine (C=N–C) groups is 1. The molecule has 0 bridgehead atoms. The van der Waals surface area contributed by atoms with E-state index in [-0.39, 0.29) is 6.04 Å². The van der Waals surface area contributed by atoms with Crippen LogP contribution in [0.1, 0.15) is 24.9 Å². The minimum Gasteiger partial charge on any atom is -0.361 e. The zero-order valence-electron chi connectivity index (χ0n) is 18.8. The molecule has 168 valence electrons. The molecule has 34 heavy (non-hydrogen) atoms. The van der Waals surface area contributed by atoms with Crippen molar-refractivity contribution in [3.8, 4) is 0 Å². The van der Waals surface area contributed by atoms with Gasteiger partial charge in [0.05, 0.1) is 17.4 Å². The Bertz CT molecular complexity index is 1520. The molecule has 6 nitrogen and oxygen atoms in total. The van der Waals surface area contributed by atoms with E-state index in [9.17, 15) is 0 Å². The number of nitrogens with one attached hydrogen (secondary N) is 2. The predicted molar refractivity (Wildman–Crippen MR) is 144 cm³/mol. The molecule has 2 N–H and O–H groups in total. The van der Waals surface area contributed by atoms with Crippen molar-refractivity contribution in [1.29, 1.82) is 0 Å². The van der Waals surface area contributed by atoms with Crippen LogP contribution in [0.2, 0.25) is 0 Å². The Balaban J connectivity index is 1.57. The smallest absolute Gasteiger partial charge is 0.187 e. The number of benzene rings is 3. The van der Waals surface area contributed by atoms with Crippen molar-refractivity contribution in [2.45, 2.75) is 19.4 Å². The van der Waals surface area contributed by atoms with Gasteiger partial charge in [-0.2, -0.15) is 0 Å². The first kappa shape index (κ1) is 20.6. The molecule has 0 spiro atoms. The van der Waals surface area contributed by atoms with E-state index in [1.807, 2.05) is 24.4 Å². The third-order valence-electron chi connectivity index (χ3n) is 6.22. The summed E-state index contributed by atoms with van der Waals surface area (Å²) in [5.41, 5.74) is 6.17. The number of thiocarbonyl (C=S) groups is 1. The second kappa shape index (κ2) is 8.43. The first-order valence-electron chi connectivity index (χ1n) is 11.5. The molecule has 1 unspecified atom stereocenters. The van der Waals surface area contributed by atoms with E-state index in [1.54, 1.807) is 6.33 Å². The molecule has 7 heteroatoms. The monoisotopic (exact) mass is 464 g/mol. The van der Waals surface area contributed by atoms with Gasteiger partial charge in [-0.25, -0.2) is 4.98 Å². The van der Waals surface area contributed by atoms with E-state index >= 15 is 0 Å². The number of hydrogen-bond donors (Lipinski definition) is 2. The minimum atomic E-state index is -0.157. The number of amidine groups is 1. The SMILES string of the molecule is CCCN=C1C(c2ccc3[nH]ccc3c2)N(c2ccc3[nH]cnc3c2)C(=S)N1c1ccccc1. The Kier molecular flexibility index (Phi) is 5.11. The van der Waals surface area contributed by atoms with Gasteiger partial charge in [0.2, 0.25) is 0 Å². The molecular weight excluding hydrogens is 440 g/mol. The van der Waals surface area contributed by atoms with Gasteiger partial charge in [-0.1, -0.05) is 31.2 Å². The van der Waals surface area contributed by atoms with Crippen LogP contribution in [0.15, 0.2) is 90.3 Å². The summed E-state index contributed by atoms with van der Waals surface area (Å²) in [5.74, 6) is 0.940. The van der Waals surface area contributed by atoms with Crippen LogP contribution < -0.4 is 9.80 Å². The molecule has 1 fully saturated rings. The molecule has 5 aromatic rings. The third kappa shape index (κ3) is 3.36. The fourth-order valence-corrected chi connectivity index (χ4v) is 5.04. The van der Waals surface area contributed by atoms with Gasteiger partial charge < -0.3 is 14.9 Å². The molecule has 1 aliphatic heterocycles. The zero-order valence-corrected chi connectivity index (χ0v) is 19.6. The molecule has 0 saturated carbocycles. The average molecular weight is 465 g/mol. The van der Waals surface area contributed by atoms with Crippen molar-refractivity contribution < 1.29 is 0 Å². The second-order valence-electron chi connectivity index (χ2n) is 8.39. The number of nitrogens with zero attached hydrogens (tertiary/aromatic N) is 4. The Morgan fingerprint density at radius 3 is 2.65 bits per heavy atom. The molecule has 2 aromatic heterocycles. The van der Waals surface area contributed by atoms with Crippen LogP contribution >= 0.6 is 12.2 Å². The van der Waals surface area contributed by atoms with Crippen LogP contribution in [0.25, 0.3) is 21.9 Å². The maximum absolute atomic E-state index is 6.15. The number of H-pyrrole nitrogens is 2. The highest BCUT2D eigenvalue weighted by molar-refractivity contribution is 7.81. The van der Waals surface area contributed by atoms with Crippen molar-refractivity contribution in [3.63, 3.8) is 0 Å². The Labute approximate surface area is 203 Å². The summed E-state index contributed by atoms with van der Waals surface area (Å²) in [6, 6.07) is 25.0. The van der Waals surface area contributed by atoms with E-state index in [1.165, 1.54) is 5.39 Å². The van der Waals surface area contributed by atoms with Crippen LogP contribution in [0, 0.1) is 0 Å². The van der Waals surface area contributed by atoms with Gasteiger partial charge in [-0.3, -0.25) is 9.89 Å². The highest BCUT2D eigenvalue weighted by Crippen LogP contribution is 2.40. The van der Waals surface area contributed by atoms with Crippen LogP contribution in [0.5, 0.6) is 0 Å². The fourth-order valence-electron chi connectivity index (χ4n) is 4.63. The van der Waals surface area contributed by atoms with Crippen molar-refractivity contribution in [1.82, 2.24) is 15.0 Å². The number of para-hydroxylation sites is 1. The zero-order chi connectivity index (χ0) is 23.1. The Hall–Kier alpha value is -3.97. The molecule has 1 aliphatic rings. The molecule has 6 rings (SSSR count). The summed E-state index contributed by atoms with van der Waals surface area (Å²) in [4.78, 5) is 20.4. The summed E-state index contributed by atoms with van der Waals surface area (Å²) in [7, 11) is 0. The van der Waals surface area contributed by atoms with E-state index in [2.05, 4.69) is 86.3 Å². The first-order valence-corrected chi connectivity index (χ1v) is 11.9. The number of hydrogen-bond acceptors (Lipinski definition) is 3. The highest BCUT2D eigenvalue weighted by atomic mass is 32.1. The maximum atomic E-state index is 6.15. The summed E-state index contributed by atoms with van der Waals surface area (Å²) in [6.07, 6.45) is 4.65. The predicted octanol–water partition coefficient (Wildman–Crippen LogP) is 6.21. The minimum absolute atomic E-state index is 0.157. The van der Waals surface area contributed by atoms with Gasteiger partial charge in [-0.05, 0) is 78.1 Å². The van der Waals surface area contributed by atoms with Gasteiger partial charge in [0, 0.05) is 29.6 Å². The molecule has 0 radical (unpaired) electrons. The lowest BCUT2D eigenvalue weighted by atomic mass is 10.0. The van der Waals surface area contributed by atoms with Crippen LogP contribution in [0.3, 0.4) is 0 Å². The summed E-state index contributed by atoms with van der Waals surface area (Å²) >= 11 is 6.15. The van der Waals surface area contributed by atoms with Crippen LogP contribution in [-0.4, -0.2) is 32.4 Å². The number of anilines is 2. The second-order valence-corrected chi connectivity index (χ2v) is 8.76. The largest absolute Gasteiger partial charge is 0.361 e. The van der Waals surface area contributed by atoms with Crippen molar-refractivity contribution in [3.05, 3.63) is 90.9 Å². The first-order chi connectivity index (χ1) is 16.7. The molecule has 1 atom stereocenters. The molecular formula is C27H24N6S. The lowest BCUT2D eigenvalue weighted by molar-refractivity contribution is 0.895. The number of aromatic nitrogens is 3. The summed E-state index contributed by atoms with van der Waals surface area (Å²) in [6.45, 7) is 2.88. The van der Waals surface area contributed by atoms with Gasteiger partial charge in [0.1, 0.15) is 11.9 Å². The number of aromatic amines is 2. The van der Waals surface area contributed by atoms with Crippen LogP contribution in [0.4, 0.5) is 11.4 Å². The van der Waals surface area contributed by atoms with Gasteiger partial charge in [0.15, 0.2) is 5.11 Å². The van der Waals surface area contributed by atoms with Crippen LogP contribution in [-0.2, 0) is 0 Å². The number of fused-ring (bicyclic) bond motifs is 2. The van der Waals surface area contributed by atoms with Gasteiger partial charge in [-0.15, -0.1) is 0 Å². The summed E-state index contributed by atoms with van der Waals surface area (Å²) < 4.78 is 0. The highest BCUT2D eigenvalue weighted by Gasteiger charge is 2.43. The molecule has 1 saturated heterocycles. The van der Waals surface area contributed by atoms with Gasteiger partial charge in [0.25, 0.3) is 0 Å². The molecule has 0 aliphatic carbocycles. The summed E-state index contributed by atoms with van der Waals surface area (Å²) in [5, 5.41) is 1.87. The topological polar surface area (TPSA) is 63.3 Å². The van der Waals surface area contributed by atoms with Crippen molar-refractivity contribution in [2.24, 2.45) is 4.99 Å². The van der Waals surface area contributed by atoms with Gasteiger partial charge >= 0.3 is 0 Å². The Morgan fingerprint density at radius 2 is 1.79 bits per heavy atom. The number of rotatable bonds is 5. The van der Waals surface area contributed by atoms with E-state index in [0.717, 1.165) is 52.3 Å². The Morgan fingerprint density at radius 1 is 0.941 bits per heavy atom. The van der Waals surface area contributed by atoms with Crippen molar-refractivity contribution in [2.75, 3.05) is 16.3 Å². The lowest BCUT2D eigenvalue weighted by Crippen LogP contribution is -2.33. The molecule has 3 aromatic carbocycles. The quantitative estimate of drug-likeness (QED) is 0.304. The van der Waals surface area contributed by atoms with Crippen molar-refractivity contribution >= 4 is 56.5 Å². The third-order valence-corrected chi connectivity index (χ3v) is 6.60. The average Bonchev–Trinajstić information content (AvgIpc) is 3.59. The normalized spacial score (nSPS) is 17.5. The van der Waals surface area contributed by atoms with E-state index < -0.39 is 0 Å². The standard InChI is InChI=1S/C27H24N6S/c1-2-13-29-26-25(19-8-10-22-18(15-19)12-14-28-22)32(21-9-11-23-24(16-21)31-17-30-23)27(34)33(26)20-6-4-3-5-7-20/h3-12,14-17,25,28H,2,13H2,1H3,(H,30,31). The number of imidazole rings is 1. The molecule has 3 heterocycles.